The number of rotatable bonds is 5. The van der Waals surface area contributed by atoms with E-state index in [9.17, 15) is 18.0 Å². The van der Waals surface area contributed by atoms with Crippen molar-refractivity contribution in [3.05, 3.63) is 39.5 Å². The SMILES string of the molecule is COC(=O)c1cscc1NS(=O)(=O)c1ccc(NC(C)=O)c(Cl)c1. The number of esters is 1. The van der Waals surface area contributed by atoms with Crippen LogP contribution in [0, 0.1) is 0 Å². The van der Waals surface area contributed by atoms with Crippen LogP contribution in [0.4, 0.5) is 11.4 Å². The van der Waals surface area contributed by atoms with E-state index in [0.29, 0.717) is 5.69 Å². The van der Waals surface area contributed by atoms with Crippen LogP contribution in [-0.4, -0.2) is 27.4 Å². The molecule has 1 aromatic carbocycles. The van der Waals surface area contributed by atoms with Gasteiger partial charge < -0.3 is 10.1 Å². The summed E-state index contributed by atoms with van der Waals surface area (Å²) in [5.74, 6) is -0.973. The minimum absolute atomic E-state index is 0.0755. The number of sulfonamides is 1. The first kappa shape index (κ1) is 18.2. The molecule has 1 aromatic heterocycles. The van der Waals surface area contributed by atoms with E-state index in [1.54, 1.807) is 0 Å². The summed E-state index contributed by atoms with van der Waals surface area (Å²) in [7, 11) is -2.76. The van der Waals surface area contributed by atoms with Gasteiger partial charge in [0.25, 0.3) is 10.0 Å². The van der Waals surface area contributed by atoms with Gasteiger partial charge in [0.15, 0.2) is 0 Å². The molecule has 0 fully saturated rings. The second-order valence-electron chi connectivity index (χ2n) is 4.62. The Morgan fingerprint density at radius 3 is 2.50 bits per heavy atom. The van der Waals surface area contributed by atoms with Gasteiger partial charge in [0.1, 0.15) is 0 Å². The number of anilines is 2. The fourth-order valence-electron chi connectivity index (χ4n) is 1.80. The lowest BCUT2D eigenvalue weighted by Gasteiger charge is -2.10. The van der Waals surface area contributed by atoms with E-state index in [2.05, 4.69) is 14.8 Å². The molecule has 24 heavy (non-hydrogen) atoms. The van der Waals surface area contributed by atoms with E-state index < -0.39 is 16.0 Å². The molecule has 1 heterocycles. The van der Waals surface area contributed by atoms with E-state index in [4.69, 9.17) is 11.6 Å². The highest BCUT2D eigenvalue weighted by Crippen LogP contribution is 2.28. The lowest BCUT2D eigenvalue weighted by atomic mass is 10.3. The zero-order chi connectivity index (χ0) is 17.9. The number of benzene rings is 1. The van der Waals surface area contributed by atoms with Gasteiger partial charge >= 0.3 is 5.97 Å². The lowest BCUT2D eigenvalue weighted by Crippen LogP contribution is -2.15. The monoisotopic (exact) mass is 388 g/mol. The molecule has 0 aliphatic heterocycles. The minimum atomic E-state index is -3.96. The zero-order valence-electron chi connectivity index (χ0n) is 12.6. The van der Waals surface area contributed by atoms with Crippen molar-refractivity contribution in [3.8, 4) is 0 Å². The summed E-state index contributed by atoms with van der Waals surface area (Å²) in [5.41, 5.74) is 0.537. The van der Waals surface area contributed by atoms with Gasteiger partial charge in [-0.25, -0.2) is 13.2 Å². The van der Waals surface area contributed by atoms with Crippen molar-refractivity contribution < 1.29 is 22.7 Å². The molecule has 0 saturated heterocycles. The van der Waals surface area contributed by atoms with Crippen molar-refractivity contribution in [1.29, 1.82) is 0 Å². The maximum atomic E-state index is 12.4. The molecule has 0 saturated carbocycles. The third-order valence-electron chi connectivity index (χ3n) is 2.87. The number of hydrogen-bond acceptors (Lipinski definition) is 6. The summed E-state index contributed by atoms with van der Waals surface area (Å²) < 4.78 is 31.8. The third kappa shape index (κ3) is 4.05. The average Bonchev–Trinajstić information content (AvgIpc) is 2.95. The number of thiophene rings is 1. The van der Waals surface area contributed by atoms with Crippen LogP contribution in [0.5, 0.6) is 0 Å². The standard InChI is InChI=1S/C14H13ClN2O5S2/c1-8(18)16-12-4-3-9(5-11(12)15)24(20,21)17-13-7-23-6-10(13)14(19)22-2/h3-7,17H,1-2H3,(H,16,18). The highest BCUT2D eigenvalue weighted by molar-refractivity contribution is 7.92. The van der Waals surface area contributed by atoms with Crippen molar-refractivity contribution >= 4 is 56.2 Å². The van der Waals surface area contributed by atoms with Gasteiger partial charge in [0, 0.05) is 17.7 Å². The molecule has 128 valence electrons. The Hall–Kier alpha value is -2.10. The van der Waals surface area contributed by atoms with Gasteiger partial charge in [-0.15, -0.1) is 11.3 Å². The summed E-state index contributed by atoms with van der Waals surface area (Å²) in [6.07, 6.45) is 0. The van der Waals surface area contributed by atoms with Gasteiger partial charge in [0.2, 0.25) is 5.91 Å². The molecule has 0 atom stereocenters. The van der Waals surface area contributed by atoms with Gasteiger partial charge in [-0.1, -0.05) is 11.6 Å². The average molecular weight is 389 g/mol. The van der Waals surface area contributed by atoms with Crippen LogP contribution in [0.25, 0.3) is 0 Å². The topological polar surface area (TPSA) is 102 Å². The second kappa shape index (κ2) is 7.20. The van der Waals surface area contributed by atoms with Gasteiger partial charge in [-0.05, 0) is 18.2 Å². The summed E-state index contributed by atoms with van der Waals surface area (Å²) in [6, 6.07) is 3.89. The Kier molecular flexibility index (Phi) is 5.47. The number of halogens is 1. The number of carbonyl (C=O) groups is 2. The van der Waals surface area contributed by atoms with Gasteiger partial charge in [-0.2, -0.15) is 0 Å². The Morgan fingerprint density at radius 2 is 1.92 bits per heavy atom. The Labute approximate surface area is 147 Å². The van der Waals surface area contributed by atoms with E-state index >= 15 is 0 Å². The molecule has 0 radical (unpaired) electrons. The highest BCUT2D eigenvalue weighted by Gasteiger charge is 2.21. The lowest BCUT2D eigenvalue weighted by molar-refractivity contribution is -0.114. The molecule has 2 rings (SSSR count). The molecule has 2 N–H and O–H groups in total. The smallest absolute Gasteiger partial charge is 0.340 e. The Bertz CT molecular complexity index is 892. The number of hydrogen-bond donors (Lipinski definition) is 2. The Morgan fingerprint density at radius 1 is 1.21 bits per heavy atom. The molecule has 0 unspecified atom stereocenters. The van der Waals surface area contributed by atoms with Crippen LogP contribution < -0.4 is 10.0 Å². The quantitative estimate of drug-likeness (QED) is 0.767. The van der Waals surface area contributed by atoms with Crippen LogP contribution in [-0.2, 0) is 19.6 Å². The minimum Gasteiger partial charge on any atom is -0.465 e. The maximum absolute atomic E-state index is 12.4. The molecule has 0 aliphatic rings. The maximum Gasteiger partial charge on any atom is 0.340 e. The van der Waals surface area contributed by atoms with Crippen molar-refractivity contribution in [3.63, 3.8) is 0 Å². The first-order chi connectivity index (χ1) is 11.2. The Balaban J connectivity index is 2.31. The van der Waals surface area contributed by atoms with Crippen LogP contribution in [0.1, 0.15) is 17.3 Å². The normalized spacial score (nSPS) is 11.0. The fourth-order valence-corrected chi connectivity index (χ4v) is 4.01. The predicted molar refractivity (Wildman–Crippen MR) is 92.2 cm³/mol. The largest absolute Gasteiger partial charge is 0.465 e. The van der Waals surface area contributed by atoms with Crippen LogP contribution in [0.15, 0.2) is 33.9 Å². The molecule has 1 amide bonds. The summed E-state index contributed by atoms with van der Waals surface area (Å²) in [5, 5.41) is 5.52. The first-order valence-electron chi connectivity index (χ1n) is 6.49. The van der Waals surface area contributed by atoms with Crippen molar-refractivity contribution in [2.75, 3.05) is 17.1 Å². The van der Waals surface area contributed by atoms with Crippen molar-refractivity contribution in [2.45, 2.75) is 11.8 Å². The van der Waals surface area contributed by atoms with Crippen LogP contribution in [0.2, 0.25) is 5.02 Å². The van der Waals surface area contributed by atoms with Gasteiger partial charge in [0.05, 0.1) is 34.0 Å². The second-order valence-corrected chi connectivity index (χ2v) is 7.45. The van der Waals surface area contributed by atoms with Crippen LogP contribution >= 0.6 is 22.9 Å². The van der Waals surface area contributed by atoms with E-state index in [1.807, 2.05) is 0 Å². The summed E-state index contributed by atoms with van der Waals surface area (Å²) in [6.45, 7) is 1.31. The number of amides is 1. The molecule has 0 bridgehead atoms. The molecular formula is C14H13ClN2O5S2. The molecule has 0 aliphatic carbocycles. The molecule has 10 heteroatoms. The molecule has 7 nitrogen and oxygen atoms in total. The fraction of sp³-hybridized carbons (Fsp3) is 0.143. The molecule has 2 aromatic rings. The first-order valence-corrected chi connectivity index (χ1v) is 9.29. The van der Waals surface area contributed by atoms with Crippen molar-refractivity contribution in [2.24, 2.45) is 0 Å². The van der Waals surface area contributed by atoms with Gasteiger partial charge in [-0.3, -0.25) is 9.52 Å². The summed E-state index contributed by atoms with van der Waals surface area (Å²) >= 11 is 7.14. The zero-order valence-corrected chi connectivity index (χ0v) is 15.0. The van der Waals surface area contributed by atoms with E-state index in [1.165, 1.54) is 43.0 Å². The molecule has 0 spiro atoms. The van der Waals surface area contributed by atoms with Crippen molar-refractivity contribution in [1.82, 2.24) is 0 Å². The number of carbonyl (C=O) groups excluding carboxylic acids is 2. The highest BCUT2D eigenvalue weighted by atomic mass is 35.5. The molecular weight excluding hydrogens is 376 g/mol. The van der Waals surface area contributed by atoms with Crippen LogP contribution in [0.3, 0.4) is 0 Å². The van der Waals surface area contributed by atoms with E-state index in [0.717, 1.165) is 11.3 Å². The number of methoxy groups -OCH3 is 1. The third-order valence-corrected chi connectivity index (χ3v) is 5.29. The number of nitrogens with one attached hydrogen (secondary N) is 2. The summed E-state index contributed by atoms with van der Waals surface area (Å²) in [4.78, 5) is 22.5. The predicted octanol–water partition coefficient (Wildman–Crippen LogP) is 2.95. The number of ether oxygens (including phenoxy) is 1. The van der Waals surface area contributed by atoms with E-state index in [-0.39, 0.29) is 27.1 Å².